The van der Waals surface area contributed by atoms with Crippen LogP contribution in [0.5, 0.6) is 0 Å². The SMILES string of the molecule is CCCC(=CC(=O)O)c1ccccc1. The molecule has 0 aliphatic rings. The third kappa shape index (κ3) is 3.05. The first kappa shape index (κ1) is 10.5. The van der Waals surface area contributed by atoms with Gasteiger partial charge in [0.05, 0.1) is 0 Å². The Morgan fingerprint density at radius 2 is 2.00 bits per heavy atom. The fourth-order valence-corrected chi connectivity index (χ4v) is 1.37. The van der Waals surface area contributed by atoms with Crippen molar-refractivity contribution in [3.8, 4) is 0 Å². The van der Waals surface area contributed by atoms with Gasteiger partial charge >= 0.3 is 5.97 Å². The van der Waals surface area contributed by atoms with Crippen LogP contribution < -0.4 is 0 Å². The van der Waals surface area contributed by atoms with Gasteiger partial charge in [-0.3, -0.25) is 0 Å². The summed E-state index contributed by atoms with van der Waals surface area (Å²) in [5, 5.41) is 8.70. The molecule has 0 heterocycles. The van der Waals surface area contributed by atoms with Crippen molar-refractivity contribution in [2.45, 2.75) is 19.8 Å². The zero-order chi connectivity index (χ0) is 10.4. The van der Waals surface area contributed by atoms with Crippen LogP contribution in [0.2, 0.25) is 0 Å². The number of aliphatic carboxylic acids is 1. The molecule has 0 aromatic heterocycles. The standard InChI is InChI=1S/C12H14O2/c1-2-6-11(9-12(13)14)10-7-4-3-5-8-10/h3-5,7-9H,2,6H2,1H3,(H,13,14). The molecule has 1 rings (SSSR count). The molecule has 0 aliphatic heterocycles. The first-order valence-corrected chi connectivity index (χ1v) is 4.73. The molecule has 1 aromatic carbocycles. The number of carbonyl (C=O) groups is 1. The summed E-state index contributed by atoms with van der Waals surface area (Å²) in [7, 11) is 0. The molecule has 0 unspecified atom stereocenters. The topological polar surface area (TPSA) is 37.3 Å². The lowest BCUT2D eigenvalue weighted by Crippen LogP contribution is -1.92. The van der Waals surface area contributed by atoms with Crippen molar-refractivity contribution in [1.29, 1.82) is 0 Å². The maximum atomic E-state index is 10.6. The van der Waals surface area contributed by atoms with E-state index in [1.165, 1.54) is 6.08 Å². The summed E-state index contributed by atoms with van der Waals surface area (Å²) >= 11 is 0. The first-order valence-electron chi connectivity index (χ1n) is 4.73. The Morgan fingerprint density at radius 3 is 2.50 bits per heavy atom. The molecule has 74 valence electrons. The van der Waals surface area contributed by atoms with Gasteiger partial charge in [-0.05, 0) is 17.6 Å². The molecule has 0 bridgehead atoms. The average Bonchev–Trinajstić information content (AvgIpc) is 2.18. The first-order chi connectivity index (χ1) is 6.74. The van der Waals surface area contributed by atoms with E-state index < -0.39 is 5.97 Å². The molecule has 1 aromatic rings. The highest BCUT2D eigenvalue weighted by atomic mass is 16.4. The minimum atomic E-state index is -0.877. The molecule has 0 spiro atoms. The Balaban J connectivity index is 2.94. The van der Waals surface area contributed by atoms with Gasteiger partial charge < -0.3 is 5.11 Å². The summed E-state index contributed by atoms with van der Waals surface area (Å²) in [5.74, 6) is -0.877. The molecule has 14 heavy (non-hydrogen) atoms. The van der Waals surface area contributed by atoms with Crippen molar-refractivity contribution in [2.75, 3.05) is 0 Å². The third-order valence-corrected chi connectivity index (χ3v) is 1.96. The Hall–Kier alpha value is -1.57. The van der Waals surface area contributed by atoms with Crippen LogP contribution in [-0.2, 0) is 4.79 Å². The second kappa shape index (κ2) is 5.22. The minimum Gasteiger partial charge on any atom is -0.478 e. The minimum absolute atomic E-state index is 0.802. The lowest BCUT2D eigenvalue weighted by atomic mass is 10.0. The maximum absolute atomic E-state index is 10.6. The molecule has 1 N–H and O–H groups in total. The zero-order valence-corrected chi connectivity index (χ0v) is 8.23. The normalized spacial score (nSPS) is 11.4. The van der Waals surface area contributed by atoms with E-state index in [4.69, 9.17) is 5.11 Å². The summed E-state index contributed by atoms with van der Waals surface area (Å²) in [5.41, 5.74) is 1.89. The number of rotatable bonds is 4. The molecule has 2 nitrogen and oxygen atoms in total. The maximum Gasteiger partial charge on any atom is 0.328 e. The zero-order valence-electron chi connectivity index (χ0n) is 8.23. The smallest absolute Gasteiger partial charge is 0.328 e. The Kier molecular flexibility index (Phi) is 3.92. The van der Waals surface area contributed by atoms with Crippen LogP contribution in [0.15, 0.2) is 36.4 Å². The van der Waals surface area contributed by atoms with Crippen LogP contribution in [-0.4, -0.2) is 11.1 Å². The highest BCUT2D eigenvalue weighted by molar-refractivity contribution is 5.89. The van der Waals surface area contributed by atoms with Gasteiger partial charge in [-0.2, -0.15) is 0 Å². The van der Waals surface area contributed by atoms with Crippen LogP contribution in [0.3, 0.4) is 0 Å². The van der Waals surface area contributed by atoms with Gasteiger partial charge in [0.25, 0.3) is 0 Å². The second-order valence-corrected chi connectivity index (χ2v) is 3.12. The van der Waals surface area contributed by atoms with Crippen molar-refractivity contribution in [3.05, 3.63) is 42.0 Å². The third-order valence-electron chi connectivity index (χ3n) is 1.96. The molecule has 2 heteroatoms. The van der Waals surface area contributed by atoms with Gasteiger partial charge in [-0.25, -0.2) is 4.79 Å². The predicted molar refractivity (Wildman–Crippen MR) is 57.0 cm³/mol. The molecule has 0 amide bonds. The van der Waals surface area contributed by atoms with Crippen LogP contribution in [0.25, 0.3) is 5.57 Å². The lowest BCUT2D eigenvalue weighted by Gasteiger charge is -2.04. The van der Waals surface area contributed by atoms with E-state index in [1.807, 2.05) is 37.3 Å². The summed E-state index contributed by atoms with van der Waals surface area (Å²) in [6.45, 7) is 2.04. The van der Waals surface area contributed by atoms with Gasteiger partial charge in [0, 0.05) is 6.08 Å². The summed E-state index contributed by atoms with van der Waals surface area (Å²) in [6, 6.07) is 9.63. The molecule has 0 saturated heterocycles. The predicted octanol–water partition coefficient (Wildman–Crippen LogP) is 2.95. The summed E-state index contributed by atoms with van der Waals surface area (Å²) in [6.07, 6.45) is 3.04. The van der Waals surface area contributed by atoms with Crippen molar-refractivity contribution in [1.82, 2.24) is 0 Å². The van der Waals surface area contributed by atoms with Gasteiger partial charge in [-0.15, -0.1) is 0 Å². The number of carboxylic acid groups (broad SMARTS) is 1. The van der Waals surface area contributed by atoms with Crippen molar-refractivity contribution >= 4 is 11.5 Å². The quantitative estimate of drug-likeness (QED) is 0.741. The van der Waals surface area contributed by atoms with E-state index in [1.54, 1.807) is 0 Å². The number of carboxylic acids is 1. The fraction of sp³-hybridized carbons (Fsp3) is 0.250. The molecule has 0 aliphatic carbocycles. The van der Waals surface area contributed by atoms with E-state index in [2.05, 4.69) is 0 Å². The molecule has 0 atom stereocenters. The molecule has 0 radical (unpaired) electrons. The highest BCUT2D eigenvalue weighted by Crippen LogP contribution is 2.18. The van der Waals surface area contributed by atoms with Crippen LogP contribution in [0.1, 0.15) is 25.3 Å². The monoisotopic (exact) mass is 190 g/mol. The largest absolute Gasteiger partial charge is 0.478 e. The van der Waals surface area contributed by atoms with E-state index in [0.717, 1.165) is 24.0 Å². The average molecular weight is 190 g/mol. The Morgan fingerprint density at radius 1 is 1.36 bits per heavy atom. The van der Waals surface area contributed by atoms with E-state index in [-0.39, 0.29) is 0 Å². The van der Waals surface area contributed by atoms with E-state index in [9.17, 15) is 4.79 Å². The Labute approximate surface area is 83.9 Å². The molecular weight excluding hydrogens is 176 g/mol. The van der Waals surface area contributed by atoms with Crippen LogP contribution in [0.4, 0.5) is 0 Å². The molecule has 0 saturated carbocycles. The Bertz CT molecular complexity index is 325. The van der Waals surface area contributed by atoms with Gasteiger partial charge in [0.1, 0.15) is 0 Å². The number of allylic oxidation sites excluding steroid dienone is 1. The number of hydrogen-bond acceptors (Lipinski definition) is 1. The molecular formula is C12H14O2. The fourth-order valence-electron chi connectivity index (χ4n) is 1.37. The van der Waals surface area contributed by atoms with Gasteiger partial charge in [0.15, 0.2) is 0 Å². The van der Waals surface area contributed by atoms with Crippen LogP contribution >= 0.6 is 0 Å². The molecule has 0 fully saturated rings. The number of benzene rings is 1. The summed E-state index contributed by atoms with van der Waals surface area (Å²) in [4.78, 5) is 10.6. The lowest BCUT2D eigenvalue weighted by molar-refractivity contribution is -0.131. The van der Waals surface area contributed by atoms with Crippen molar-refractivity contribution in [2.24, 2.45) is 0 Å². The van der Waals surface area contributed by atoms with Gasteiger partial charge in [-0.1, -0.05) is 43.7 Å². The van der Waals surface area contributed by atoms with E-state index >= 15 is 0 Å². The van der Waals surface area contributed by atoms with Crippen molar-refractivity contribution in [3.63, 3.8) is 0 Å². The van der Waals surface area contributed by atoms with E-state index in [0.29, 0.717) is 0 Å². The number of hydrogen-bond donors (Lipinski definition) is 1. The van der Waals surface area contributed by atoms with Crippen molar-refractivity contribution < 1.29 is 9.90 Å². The van der Waals surface area contributed by atoms with Crippen LogP contribution in [0, 0.1) is 0 Å². The second-order valence-electron chi connectivity index (χ2n) is 3.12. The van der Waals surface area contributed by atoms with Gasteiger partial charge in [0.2, 0.25) is 0 Å². The summed E-state index contributed by atoms with van der Waals surface area (Å²) < 4.78 is 0. The highest BCUT2D eigenvalue weighted by Gasteiger charge is 2.01.